The van der Waals surface area contributed by atoms with Crippen LogP contribution in [0.3, 0.4) is 0 Å². The number of ether oxygens (including phenoxy) is 5. The molecule has 2 atom stereocenters. The fourth-order valence-electron chi connectivity index (χ4n) is 4.34. The summed E-state index contributed by atoms with van der Waals surface area (Å²) < 4.78 is 28.2. The molecule has 1 aliphatic heterocycles. The quantitative estimate of drug-likeness (QED) is 0.313. The Morgan fingerprint density at radius 2 is 1.68 bits per heavy atom. The Hall–Kier alpha value is -4.64. The second-order valence-electron chi connectivity index (χ2n) is 9.11. The molecule has 8 nitrogen and oxygen atoms in total. The van der Waals surface area contributed by atoms with E-state index < -0.39 is 18.0 Å². The van der Waals surface area contributed by atoms with Crippen molar-refractivity contribution in [3.63, 3.8) is 0 Å². The maximum Gasteiger partial charge on any atom is 0.352 e. The maximum atomic E-state index is 12.8. The molecule has 0 spiro atoms. The van der Waals surface area contributed by atoms with E-state index in [0.717, 1.165) is 0 Å². The van der Waals surface area contributed by atoms with Crippen molar-refractivity contribution in [2.24, 2.45) is 5.73 Å². The average Bonchev–Trinajstić information content (AvgIpc) is 2.91. The van der Waals surface area contributed by atoms with Gasteiger partial charge in [0, 0.05) is 17.2 Å². The smallest absolute Gasteiger partial charge is 0.352 e. The highest BCUT2D eigenvalue weighted by atomic mass is 16.6. The second kappa shape index (κ2) is 11.2. The number of para-hydroxylation sites is 1. The van der Waals surface area contributed by atoms with E-state index in [1.165, 1.54) is 12.7 Å². The van der Waals surface area contributed by atoms with Gasteiger partial charge in [-0.05, 0) is 42.7 Å². The molecule has 0 aromatic heterocycles. The molecule has 3 aromatic rings. The molecule has 0 saturated heterocycles. The molecule has 0 amide bonds. The SMILES string of the molecule is COc1cccc(C2C(C#N)=C(N)Oc3cc(OC(=O)C(C)Oc4ccc(C(C)C)cc4)ccc32)c1OC. The zero-order valence-electron chi connectivity index (χ0n) is 22.0. The highest BCUT2D eigenvalue weighted by molar-refractivity contribution is 5.77. The molecule has 8 heteroatoms. The number of methoxy groups -OCH3 is 2. The van der Waals surface area contributed by atoms with E-state index in [1.54, 1.807) is 38.3 Å². The average molecular weight is 515 g/mol. The third kappa shape index (κ3) is 5.23. The number of fused-ring (bicyclic) bond motifs is 1. The van der Waals surface area contributed by atoms with E-state index in [-0.39, 0.29) is 17.2 Å². The van der Waals surface area contributed by atoms with E-state index in [2.05, 4.69) is 19.9 Å². The first-order chi connectivity index (χ1) is 18.3. The van der Waals surface area contributed by atoms with Gasteiger partial charge in [-0.2, -0.15) is 5.26 Å². The minimum absolute atomic E-state index is 0.0418. The predicted octanol–water partition coefficient (Wildman–Crippen LogP) is 5.42. The summed E-state index contributed by atoms with van der Waals surface area (Å²) in [5.74, 6) is 1.41. The van der Waals surface area contributed by atoms with Crippen molar-refractivity contribution in [2.45, 2.75) is 38.7 Å². The molecule has 0 radical (unpaired) electrons. The van der Waals surface area contributed by atoms with Gasteiger partial charge in [-0.25, -0.2) is 4.79 Å². The number of esters is 1. The molecule has 0 fully saturated rings. The van der Waals surface area contributed by atoms with Crippen molar-refractivity contribution >= 4 is 5.97 Å². The highest BCUT2D eigenvalue weighted by Crippen LogP contribution is 2.47. The summed E-state index contributed by atoms with van der Waals surface area (Å²) in [6.07, 6.45) is -0.846. The third-order valence-electron chi connectivity index (χ3n) is 6.34. The van der Waals surface area contributed by atoms with Gasteiger partial charge in [-0.15, -0.1) is 0 Å². The predicted molar refractivity (Wildman–Crippen MR) is 142 cm³/mol. The monoisotopic (exact) mass is 514 g/mol. The number of carbonyl (C=O) groups is 1. The lowest BCUT2D eigenvalue weighted by molar-refractivity contribution is -0.141. The molecule has 2 unspecified atom stereocenters. The van der Waals surface area contributed by atoms with Crippen molar-refractivity contribution in [2.75, 3.05) is 14.2 Å². The van der Waals surface area contributed by atoms with Crippen molar-refractivity contribution in [3.05, 3.63) is 88.8 Å². The lowest BCUT2D eigenvalue weighted by atomic mass is 9.83. The Labute approximate surface area is 222 Å². The van der Waals surface area contributed by atoms with Crippen LogP contribution in [0.2, 0.25) is 0 Å². The zero-order chi connectivity index (χ0) is 27.4. The number of nitriles is 1. The van der Waals surface area contributed by atoms with Gasteiger partial charge in [0.15, 0.2) is 17.6 Å². The van der Waals surface area contributed by atoms with Crippen LogP contribution in [0.5, 0.6) is 28.7 Å². The molecule has 196 valence electrons. The fourth-order valence-corrected chi connectivity index (χ4v) is 4.34. The van der Waals surface area contributed by atoms with Crippen LogP contribution in [0.1, 0.15) is 49.3 Å². The maximum absolute atomic E-state index is 12.8. The van der Waals surface area contributed by atoms with Crippen LogP contribution < -0.4 is 29.4 Å². The Kier molecular flexibility index (Phi) is 7.77. The van der Waals surface area contributed by atoms with Gasteiger partial charge in [0.1, 0.15) is 28.9 Å². The highest BCUT2D eigenvalue weighted by Gasteiger charge is 2.34. The van der Waals surface area contributed by atoms with Crippen LogP contribution in [0.15, 0.2) is 72.1 Å². The number of nitrogens with two attached hydrogens (primary N) is 1. The van der Waals surface area contributed by atoms with Crippen molar-refractivity contribution in [1.82, 2.24) is 0 Å². The van der Waals surface area contributed by atoms with Gasteiger partial charge in [-0.3, -0.25) is 0 Å². The van der Waals surface area contributed by atoms with Crippen LogP contribution >= 0.6 is 0 Å². The van der Waals surface area contributed by atoms with Crippen molar-refractivity contribution in [1.29, 1.82) is 5.26 Å². The number of carbonyl (C=O) groups excluding carboxylic acids is 1. The molecular weight excluding hydrogens is 484 g/mol. The lowest BCUT2D eigenvalue weighted by Gasteiger charge is -2.28. The third-order valence-corrected chi connectivity index (χ3v) is 6.34. The number of nitrogens with zero attached hydrogens (tertiary/aromatic N) is 1. The molecule has 38 heavy (non-hydrogen) atoms. The van der Waals surface area contributed by atoms with Gasteiger partial charge in [0.25, 0.3) is 0 Å². The first kappa shape index (κ1) is 26.4. The molecule has 1 aliphatic rings. The molecular formula is C30H30N2O6. The summed E-state index contributed by atoms with van der Waals surface area (Å²) in [5.41, 5.74) is 8.91. The van der Waals surface area contributed by atoms with E-state index >= 15 is 0 Å². The Bertz CT molecular complexity index is 1410. The minimum atomic E-state index is -0.846. The standard InChI is InChI=1S/C30H30N2O6/c1-17(2)19-9-11-20(12-10-19)36-18(3)30(33)37-21-13-14-22-26(15-21)38-29(32)24(16-31)27(22)23-7-6-8-25(34-4)28(23)35-5/h6-15,17-18,27H,32H2,1-5H3. The largest absolute Gasteiger partial charge is 0.493 e. The summed E-state index contributed by atoms with van der Waals surface area (Å²) in [6, 6.07) is 20.1. The van der Waals surface area contributed by atoms with Crippen LogP contribution in [-0.4, -0.2) is 26.3 Å². The molecule has 1 heterocycles. The fraction of sp³-hybridized carbons (Fsp3) is 0.267. The molecule has 2 N–H and O–H groups in total. The van der Waals surface area contributed by atoms with Crippen LogP contribution in [0.25, 0.3) is 0 Å². The van der Waals surface area contributed by atoms with Gasteiger partial charge in [0.2, 0.25) is 5.88 Å². The van der Waals surface area contributed by atoms with Crippen molar-refractivity contribution < 1.29 is 28.5 Å². The molecule has 0 saturated carbocycles. The topological polar surface area (TPSA) is 113 Å². The summed E-state index contributed by atoms with van der Waals surface area (Å²) in [5, 5.41) is 9.88. The summed E-state index contributed by atoms with van der Waals surface area (Å²) in [7, 11) is 3.08. The normalized spacial score (nSPS) is 15.1. The van der Waals surface area contributed by atoms with E-state index in [0.29, 0.717) is 40.0 Å². The number of rotatable bonds is 8. The number of allylic oxidation sites excluding steroid dienone is 1. The summed E-state index contributed by atoms with van der Waals surface area (Å²) in [6.45, 7) is 5.84. The van der Waals surface area contributed by atoms with E-state index in [4.69, 9.17) is 29.4 Å². The molecule has 4 rings (SSSR count). The first-order valence-corrected chi connectivity index (χ1v) is 12.2. The van der Waals surface area contributed by atoms with Gasteiger partial charge in [-0.1, -0.05) is 44.2 Å². The van der Waals surface area contributed by atoms with Crippen LogP contribution in [0.4, 0.5) is 0 Å². The van der Waals surface area contributed by atoms with Gasteiger partial charge in [0.05, 0.1) is 20.1 Å². The number of benzene rings is 3. The molecule has 0 aliphatic carbocycles. The van der Waals surface area contributed by atoms with Crippen LogP contribution in [0, 0.1) is 11.3 Å². The van der Waals surface area contributed by atoms with Gasteiger partial charge < -0.3 is 29.4 Å². The Balaban J connectivity index is 1.59. The molecule has 3 aromatic carbocycles. The molecule has 0 bridgehead atoms. The van der Waals surface area contributed by atoms with Crippen molar-refractivity contribution in [3.8, 4) is 34.8 Å². The lowest BCUT2D eigenvalue weighted by Crippen LogP contribution is -2.28. The van der Waals surface area contributed by atoms with E-state index in [9.17, 15) is 10.1 Å². The minimum Gasteiger partial charge on any atom is -0.493 e. The van der Waals surface area contributed by atoms with E-state index in [1.807, 2.05) is 36.4 Å². The first-order valence-electron chi connectivity index (χ1n) is 12.2. The number of hydrogen-bond donors (Lipinski definition) is 1. The Morgan fingerprint density at radius 3 is 2.32 bits per heavy atom. The second-order valence-corrected chi connectivity index (χ2v) is 9.11. The summed E-state index contributed by atoms with van der Waals surface area (Å²) in [4.78, 5) is 12.8. The van der Waals surface area contributed by atoms with Gasteiger partial charge >= 0.3 is 5.97 Å². The van der Waals surface area contributed by atoms with Crippen LogP contribution in [-0.2, 0) is 4.79 Å². The number of hydrogen-bond acceptors (Lipinski definition) is 8. The summed E-state index contributed by atoms with van der Waals surface area (Å²) >= 11 is 0. The Morgan fingerprint density at radius 1 is 0.974 bits per heavy atom. The zero-order valence-corrected chi connectivity index (χ0v) is 22.0.